The number of rotatable bonds is 2. The minimum Gasteiger partial charge on any atom is -0.350 e. The number of carbonyl (C=O) groups excluding carboxylic acids is 1. The molecule has 5 unspecified atom stereocenters. The summed E-state index contributed by atoms with van der Waals surface area (Å²) in [4.78, 5) is 12.4. The summed E-state index contributed by atoms with van der Waals surface area (Å²) in [5, 5.41) is 10.3. The lowest BCUT2D eigenvalue weighted by molar-refractivity contribution is -0.124. The maximum atomic E-state index is 12.4. The van der Waals surface area contributed by atoms with Crippen LogP contribution in [0.15, 0.2) is 0 Å². The van der Waals surface area contributed by atoms with Crippen LogP contribution >= 0.6 is 0 Å². The van der Waals surface area contributed by atoms with Gasteiger partial charge in [0.15, 0.2) is 0 Å². The van der Waals surface area contributed by atoms with Gasteiger partial charge in [0.25, 0.3) is 0 Å². The number of carbonyl (C=O) groups is 1. The van der Waals surface area contributed by atoms with E-state index in [1.807, 2.05) is 0 Å². The van der Waals surface area contributed by atoms with Crippen LogP contribution in [0.4, 0.5) is 0 Å². The molecular weight excluding hydrogens is 238 g/mol. The summed E-state index contributed by atoms with van der Waals surface area (Å²) in [5.74, 6) is 0.973. The Morgan fingerprint density at radius 2 is 2.00 bits per heavy atom. The lowest BCUT2D eigenvalue weighted by Gasteiger charge is -2.31. The Hall–Kier alpha value is -0.610. The standard InChI is InChI=1S/C15H27N3O/c1-10-12(7-4-8-16-10)18-15(19)14-9-11-5-2-3-6-13(11)17-14/h10-14,16-17H,2-9H2,1H3,(H,18,19). The average molecular weight is 265 g/mol. The van der Waals surface area contributed by atoms with Crippen molar-refractivity contribution in [2.45, 2.75) is 76.0 Å². The Morgan fingerprint density at radius 3 is 2.79 bits per heavy atom. The smallest absolute Gasteiger partial charge is 0.237 e. The van der Waals surface area contributed by atoms with E-state index < -0.39 is 0 Å². The third-order valence-electron chi connectivity index (χ3n) is 5.27. The van der Waals surface area contributed by atoms with Gasteiger partial charge < -0.3 is 16.0 Å². The first-order valence-corrected chi connectivity index (χ1v) is 8.04. The Labute approximate surface area is 116 Å². The van der Waals surface area contributed by atoms with Gasteiger partial charge in [-0.3, -0.25) is 4.79 Å². The molecule has 1 amide bonds. The fourth-order valence-electron chi connectivity index (χ4n) is 4.05. The van der Waals surface area contributed by atoms with E-state index in [0.717, 1.165) is 25.3 Å². The van der Waals surface area contributed by atoms with Crippen molar-refractivity contribution in [3.63, 3.8) is 0 Å². The number of hydrogen-bond donors (Lipinski definition) is 3. The van der Waals surface area contributed by atoms with Gasteiger partial charge in [0, 0.05) is 18.1 Å². The van der Waals surface area contributed by atoms with Crippen molar-refractivity contribution in [3.05, 3.63) is 0 Å². The second-order valence-electron chi connectivity index (χ2n) is 6.61. The first kappa shape index (κ1) is 13.4. The van der Waals surface area contributed by atoms with Crippen LogP contribution in [0.2, 0.25) is 0 Å². The fourth-order valence-corrected chi connectivity index (χ4v) is 4.05. The normalized spacial score (nSPS) is 42.7. The molecule has 3 rings (SSSR count). The summed E-state index contributed by atoms with van der Waals surface area (Å²) in [6.07, 6.45) is 8.56. The second kappa shape index (κ2) is 5.80. The maximum Gasteiger partial charge on any atom is 0.237 e. The van der Waals surface area contributed by atoms with E-state index in [4.69, 9.17) is 0 Å². The third kappa shape index (κ3) is 2.95. The van der Waals surface area contributed by atoms with Gasteiger partial charge in [-0.2, -0.15) is 0 Å². The molecule has 2 aliphatic heterocycles. The highest BCUT2D eigenvalue weighted by molar-refractivity contribution is 5.82. The zero-order chi connectivity index (χ0) is 13.2. The topological polar surface area (TPSA) is 53.2 Å². The summed E-state index contributed by atoms with van der Waals surface area (Å²) in [6, 6.07) is 1.38. The van der Waals surface area contributed by atoms with Crippen LogP contribution < -0.4 is 16.0 Å². The zero-order valence-corrected chi connectivity index (χ0v) is 12.0. The number of fused-ring (bicyclic) bond motifs is 1. The highest BCUT2D eigenvalue weighted by atomic mass is 16.2. The quantitative estimate of drug-likeness (QED) is 0.702. The first-order valence-electron chi connectivity index (χ1n) is 8.04. The molecule has 0 aromatic rings. The van der Waals surface area contributed by atoms with E-state index in [-0.39, 0.29) is 11.9 Å². The third-order valence-corrected chi connectivity index (χ3v) is 5.27. The first-order chi connectivity index (χ1) is 9.24. The van der Waals surface area contributed by atoms with Gasteiger partial charge in [0.2, 0.25) is 5.91 Å². The van der Waals surface area contributed by atoms with Crippen molar-refractivity contribution in [2.75, 3.05) is 6.54 Å². The van der Waals surface area contributed by atoms with Gasteiger partial charge in [0.1, 0.15) is 0 Å². The van der Waals surface area contributed by atoms with Crippen molar-refractivity contribution in [1.82, 2.24) is 16.0 Å². The van der Waals surface area contributed by atoms with E-state index in [9.17, 15) is 4.79 Å². The van der Waals surface area contributed by atoms with E-state index >= 15 is 0 Å². The van der Waals surface area contributed by atoms with Crippen molar-refractivity contribution < 1.29 is 4.79 Å². The van der Waals surface area contributed by atoms with E-state index in [1.165, 1.54) is 32.1 Å². The molecule has 1 aliphatic carbocycles. The Morgan fingerprint density at radius 1 is 1.16 bits per heavy atom. The van der Waals surface area contributed by atoms with Gasteiger partial charge in [-0.25, -0.2) is 0 Å². The Bertz CT molecular complexity index is 319. The number of piperidine rings is 1. The molecular formula is C15H27N3O. The van der Waals surface area contributed by atoms with Crippen LogP contribution in [-0.2, 0) is 4.79 Å². The molecule has 0 aromatic heterocycles. The van der Waals surface area contributed by atoms with Crippen LogP contribution in [0, 0.1) is 5.92 Å². The Kier molecular flexibility index (Phi) is 4.08. The summed E-state index contributed by atoms with van der Waals surface area (Å²) in [6.45, 7) is 3.26. The maximum absolute atomic E-state index is 12.4. The predicted molar refractivity (Wildman–Crippen MR) is 75.9 cm³/mol. The second-order valence-corrected chi connectivity index (χ2v) is 6.61. The molecule has 0 radical (unpaired) electrons. The van der Waals surface area contributed by atoms with Gasteiger partial charge in [-0.05, 0) is 51.5 Å². The van der Waals surface area contributed by atoms with Crippen LogP contribution in [0.25, 0.3) is 0 Å². The molecule has 0 aromatic carbocycles. The molecule has 0 spiro atoms. The molecule has 108 valence electrons. The minimum absolute atomic E-state index is 0.0576. The molecule has 19 heavy (non-hydrogen) atoms. The van der Waals surface area contributed by atoms with Crippen molar-refractivity contribution in [3.8, 4) is 0 Å². The molecule has 2 heterocycles. The van der Waals surface area contributed by atoms with Crippen LogP contribution in [-0.4, -0.2) is 36.6 Å². The van der Waals surface area contributed by atoms with Crippen LogP contribution in [0.3, 0.4) is 0 Å². The highest BCUT2D eigenvalue weighted by Crippen LogP contribution is 2.33. The van der Waals surface area contributed by atoms with Crippen molar-refractivity contribution in [1.29, 1.82) is 0 Å². The number of hydrogen-bond acceptors (Lipinski definition) is 3. The molecule has 4 heteroatoms. The molecule has 3 fully saturated rings. The zero-order valence-electron chi connectivity index (χ0n) is 12.0. The van der Waals surface area contributed by atoms with Gasteiger partial charge >= 0.3 is 0 Å². The molecule has 4 nitrogen and oxygen atoms in total. The summed E-state index contributed by atoms with van der Waals surface area (Å²) in [7, 11) is 0. The van der Waals surface area contributed by atoms with Crippen LogP contribution in [0.1, 0.15) is 51.9 Å². The van der Waals surface area contributed by atoms with E-state index in [1.54, 1.807) is 0 Å². The number of nitrogens with one attached hydrogen (secondary N) is 3. The van der Waals surface area contributed by atoms with E-state index in [2.05, 4.69) is 22.9 Å². The summed E-state index contributed by atoms with van der Waals surface area (Å²) >= 11 is 0. The molecule has 0 bridgehead atoms. The van der Waals surface area contributed by atoms with Gasteiger partial charge in [-0.1, -0.05) is 12.8 Å². The predicted octanol–water partition coefficient (Wildman–Crippen LogP) is 1.16. The molecule has 3 aliphatic rings. The summed E-state index contributed by atoms with van der Waals surface area (Å²) in [5.41, 5.74) is 0. The average Bonchev–Trinajstić information content (AvgIpc) is 2.85. The lowest BCUT2D eigenvalue weighted by Crippen LogP contribution is -2.55. The molecule has 1 saturated carbocycles. The largest absolute Gasteiger partial charge is 0.350 e. The van der Waals surface area contributed by atoms with Gasteiger partial charge in [-0.15, -0.1) is 0 Å². The van der Waals surface area contributed by atoms with Crippen LogP contribution in [0.5, 0.6) is 0 Å². The highest BCUT2D eigenvalue weighted by Gasteiger charge is 2.38. The Balaban J connectivity index is 1.53. The molecule has 3 N–H and O–H groups in total. The number of amides is 1. The lowest BCUT2D eigenvalue weighted by atomic mass is 9.85. The SMILES string of the molecule is CC1NCCCC1NC(=O)C1CC2CCCCC2N1. The fraction of sp³-hybridized carbons (Fsp3) is 0.933. The molecule has 5 atom stereocenters. The van der Waals surface area contributed by atoms with Crippen molar-refractivity contribution in [2.24, 2.45) is 5.92 Å². The van der Waals surface area contributed by atoms with Crippen molar-refractivity contribution >= 4 is 5.91 Å². The monoisotopic (exact) mass is 265 g/mol. The summed E-state index contributed by atoms with van der Waals surface area (Å²) < 4.78 is 0. The van der Waals surface area contributed by atoms with Gasteiger partial charge in [0.05, 0.1) is 6.04 Å². The van der Waals surface area contributed by atoms with E-state index in [0.29, 0.717) is 18.1 Å². The molecule has 2 saturated heterocycles. The minimum atomic E-state index is 0.0576.